The Labute approximate surface area is 228 Å². The third-order valence-corrected chi connectivity index (χ3v) is 6.12. The largest absolute Gasteiger partial charge is 0.506 e. The fourth-order valence-electron chi connectivity index (χ4n) is 3.51. The van der Waals surface area contributed by atoms with Crippen molar-refractivity contribution in [3.8, 4) is 5.75 Å². The van der Waals surface area contributed by atoms with Gasteiger partial charge in [-0.25, -0.2) is 5.43 Å². The van der Waals surface area contributed by atoms with Crippen molar-refractivity contribution < 1.29 is 19.6 Å². The van der Waals surface area contributed by atoms with Gasteiger partial charge >= 0.3 is 0 Å². The molecule has 196 valence electrons. The molecule has 3 rings (SSSR count). The summed E-state index contributed by atoms with van der Waals surface area (Å²) in [5.74, 6) is -1.51. The van der Waals surface area contributed by atoms with Crippen LogP contribution < -0.4 is 15.6 Å². The van der Waals surface area contributed by atoms with Gasteiger partial charge in [0.15, 0.2) is 0 Å². The minimum absolute atomic E-state index is 0.0113. The first kappa shape index (κ1) is 28.1. The molecule has 0 aliphatic rings. The van der Waals surface area contributed by atoms with Crippen LogP contribution in [0.3, 0.4) is 0 Å². The molecule has 0 radical (unpaired) electrons. The molecule has 0 unspecified atom stereocenters. The molecule has 2 amide bonds. The van der Waals surface area contributed by atoms with Gasteiger partial charge in [0.25, 0.3) is 17.5 Å². The van der Waals surface area contributed by atoms with E-state index < -0.39 is 16.7 Å². The van der Waals surface area contributed by atoms with Crippen LogP contribution >= 0.6 is 15.9 Å². The van der Waals surface area contributed by atoms with Crippen LogP contribution in [-0.4, -0.2) is 41.1 Å². The molecule has 11 heteroatoms. The Balaban J connectivity index is 1.87. The van der Waals surface area contributed by atoms with Gasteiger partial charge in [-0.2, -0.15) is 5.10 Å². The highest BCUT2D eigenvalue weighted by atomic mass is 79.9. The number of benzene rings is 3. The van der Waals surface area contributed by atoms with Crippen LogP contribution in [0.5, 0.6) is 5.75 Å². The number of non-ortho nitro benzene ring substituents is 1. The minimum atomic E-state index is -0.734. The van der Waals surface area contributed by atoms with E-state index in [0.29, 0.717) is 11.1 Å². The summed E-state index contributed by atoms with van der Waals surface area (Å²) in [6.45, 7) is 5.82. The number of anilines is 1. The van der Waals surface area contributed by atoms with E-state index >= 15 is 0 Å². The van der Waals surface area contributed by atoms with E-state index in [-0.39, 0.29) is 27.2 Å². The molecule has 0 aromatic heterocycles. The van der Waals surface area contributed by atoms with Crippen molar-refractivity contribution in [3.05, 3.63) is 104 Å². The molecule has 0 aliphatic heterocycles. The molecule has 38 heavy (non-hydrogen) atoms. The van der Waals surface area contributed by atoms with E-state index in [1.54, 1.807) is 30.3 Å². The maximum Gasteiger partial charge on any atom is 0.287 e. The second kappa shape index (κ2) is 13.2. The predicted molar refractivity (Wildman–Crippen MR) is 150 cm³/mol. The number of rotatable bonds is 10. The number of carbonyl (C=O) groups is 2. The van der Waals surface area contributed by atoms with Crippen LogP contribution in [0, 0.1) is 10.1 Å². The van der Waals surface area contributed by atoms with Gasteiger partial charge < -0.3 is 15.3 Å². The number of halogens is 1. The average Bonchev–Trinajstić information content (AvgIpc) is 2.92. The maximum absolute atomic E-state index is 13.0. The van der Waals surface area contributed by atoms with Crippen molar-refractivity contribution in [2.24, 2.45) is 5.10 Å². The molecule has 0 saturated heterocycles. The van der Waals surface area contributed by atoms with Crippen molar-refractivity contribution >= 4 is 51.4 Å². The number of nitro groups is 1. The highest BCUT2D eigenvalue weighted by Crippen LogP contribution is 2.31. The summed E-state index contributed by atoms with van der Waals surface area (Å²) >= 11 is 3.06. The monoisotopic (exact) mass is 579 g/mol. The predicted octanol–water partition coefficient (Wildman–Crippen LogP) is 4.83. The number of phenols is 1. The van der Waals surface area contributed by atoms with Gasteiger partial charge in [-0.05, 0) is 65.7 Å². The summed E-state index contributed by atoms with van der Waals surface area (Å²) in [5, 5.41) is 27.7. The van der Waals surface area contributed by atoms with Crippen LogP contribution in [0.15, 0.2) is 82.0 Å². The summed E-state index contributed by atoms with van der Waals surface area (Å²) in [6.07, 6.45) is 2.58. The van der Waals surface area contributed by atoms with Gasteiger partial charge in [0, 0.05) is 42.0 Å². The normalized spacial score (nSPS) is 11.3. The fourth-order valence-corrected chi connectivity index (χ4v) is 3.97. The molecule has 3 aromatic carbocycles. The molecule has 10 nitrogen and oxygen atoms in total. The fraction of sp³-hybridized carbons (Fsp3) is 0.148. The molecule has 0 aliphatic carbocycles. The zero-order valence-electron chi connectivity index (χ0n) is 20.7. The SMILES string of the molecule is CCN(CC)c1ccc(/C=C(/NC(=O)c2ccccc2)C(=O)N/N=C/c2cc([N+](=O)[O-])cc(Br)c2O)cc1. The third-order valence-electron chi connectivity index (χ3n) is 5.52. The Morgan fingerprint density at radius 1 is 1.08 bits per heavy atom. The topological polar surface area (TPSA) is 137 Å². The standard InChI is InChI=1S/C27H26BrN5O5/c1-3-32(4-2)21-12-10-18(11-13-21)14-24(30-26(35)19-8-6-5-7-9-19)27(36)31-29-17-20-15-22(33(37)38)16-23(28)25(20)34/h5-17,34H,3-4H2,1-2H3,(H,30,35)(H,31,36)/b24-14+,29-17+. The van der Waals surface area contributed by atoms with E-state index in [0.717, 1.165) is 37.1 Å². The highest BCUT2D eigenvalue weighted by Gasteiger charge is 2.16. The van der Waals surface area contributed by atoms with Crippen molar-refractivity contribution in [3.63, 3.8) is 0 Å². The highest BCUT2D eigenvalue weighted by molar-refractivity contribution is 9.10. The number of nitrogens with zero attached hydrogens (tertiary/aromatic N) is 3. The van der Waals surface area contributed by atoms with Crippen molar-refractivity contribution in [1.82, 2.24) is 10.7 Å². The van der Waals surface area contributed by atoms with Crippen LogP contribution in [0.25, 0.3) is 6.08 Å². The Hall–Kier alpha value is -4.51. The van der Waals surface area contributed by atoms with Gasteiger partial charge in [-0.1, -0.05) is 30.3 Å². The molecule has 0 heterocycles. The zero-order chi connectivity index (χ0) is 27.7. The minimum Gasteiger partial charge on any atom is -0.506 e. The lowest BCUT2D eigenvalue weighted by Crippen LogP contribution is -2.32. The van der Waals surface area contributed by atoms with Crippen LogP contribution in [0.2, 0.25) is 0 Å². The lowest BCUT2D eigenvalue weighted by molar-refractivity contribution is -0.385. The lowest BCUT2D eigenvalue weighted by Gasteiger charge is -2.20. The molecule has 0 atom stereocenters. The van der Waals surface area contributed by atoms with E-state index in [2.05, 4.69) is 50.5 Å². The van der Waals surface area contributed by atoms with Crippen molar-refractivity contribution in [2.45, 2.75) is 13.8 Å². The number of hydrogen-bond acceptors (Lipinski definition) is 7. The molecule has 3 N–H and O–H groups in total. The molecule has 0 fully saturated rings. The van der Waals surface area contributed by atoms with Crippen molar-refractivity contribution in [1.29, 1.82) is 0 Å². The number of nitrogens with one attached hydrogen (secondary N) is 2. The summed E-state index contributed by atoms with van der Waals surface area (Å²) < 4.78 is 0.100. The average molecular weight is 580 g/mol. The second-order valence-corrected chi connectivity index (χ2v) is 8.82. The molecule has 0 spiro atoms. The molecule has 0 saturated carbocycles. The van der Waals surface area contributed by atoms with E-state index in [4.69, 9.17) is 0 Å². The number of hydrazone groups is 1. The van der Waals surface area contributed by atoms with Gasteiger partial charge in [0.05, 0.1) is 15.6 Å². The van der Waals surface area contributed by atoms with E-state index in [1.165, 1.54) is 6.08 Å². The van der Waals surface area contributed by atoms with Gasteiger partial charge in [-0.3, -0.25) is 19.7 Å². The van der Waals surface area contributed by atoms with E-state index in [1.807, 2.05) is 24.3 Å². The van der Waals surface area contributed by atoms with Crippen LogP contribution in [0.1, 0.15) is 35.3 Å². The Bertz CT molecular complexity index is 1370. The third kappa shape index (κ3) is 7.26. The zero-order valence-corrected chi connectivity index (χ0v) is 22.3. The summed E-state index contributed by atoms with van der Waals surface area (Å²) in [5.41, 5.74) is 4.02. The van der Waals surface area contributed by atoms with Gasteiger partial charge in [-0.15, -0.1) is 0 Å². The summed E-state index contributed by atoms with van der Waals surface area (Å²) in [4.78, 5) is 38.4. The number of hydrogen-bond donors (Lipinski definition) is 3. The van der Waals surface area contributed by atoms with Gasteiger partial charge in [0.1, 0.15) is 11.4 Å². The second-order valence-electron chi connectivity index (χ2n) is 7.96. The number of aromatic hydroxyl groups is 1. The number of phenolic OH excluding ortho intramolecular Hbond substituents is 1. The number of nitro benzene ring substituents is 1. The number of amides is 2. The van der Waals surface area contributed by atoms with Crippen LogP contribution in [-0.2, 0) is 4.79 Å². The Morgan fingerprint density at radius 3 is 2.34 bits per heavy atom. The first-order valence-electron chi connectivity index (χ1n) is 11.7. The first-order valence-corrected chi connectivity index (χ1v) is 12.5. The lowest BCUT2D eigenvalue weighted by atomic mass is 10.1. The van der Waals surface area contributed by atoms with Crippen LogP contribution in [0.4, 0.5) is 11.4 Å². The molecule has 3 aromatic rings. The van der Waals surface area contributed by atoms with Crippen molar-refractivity contribution in [2.75, 3.05) is 18.0 Å². The van der Waals surface area contributed by atoms with Gasteiger partial charge in [0.2, 0.25) is 0 Å². The molecular formula is C27H26BrN5O5. The summed E-state index contributed by atoms with van der Waals surface area (Å²) in [6, 6.07) is 18.2. The quantitative estimate of drug-likeness (QED) is 0.136. The maximum atomic E-state index is 13.0. The smallest absolute Gasteiger partial charge is 0.287 e. The molecule has 0 bridgehead atoms. The molecular weight excluding hydrogens is 554 g/mol. The Morgan fingerprint density at radius 2 is 1.74 bits per heavy atom. The summed E-state index contributed by atoms with van der Waals surface area (Å²) in [7, 11) is 0. The Kier molecular flexibility index (Phi) is 9.72. The first-order chi connectivity index (χ1) is 18.2. The van der Waals surface area contributed by atoms with E-state index in [9.17, 15) is 24.8 Å². The number of carbonyl (C=O) groups excluding carboxylic acids is 2.